The second kappa shape index (κ2) is 8.62. The molecule has 0 spiro atoms. The Labute approximate surface area is 101 Å². The zero-order valence-electron chi connectivity index (χ0n) is 10.5. The van der Waals surface area contributed by atoms with Crippen molar-refractivity contribution in [2.75, 3.05) is 0 Å². The Morgan fingerprint density at radius 2 is 1.20 bits per heavy atom. The van der Waals surface area contributed by atoms with Crippen LogP contribution in [0.4, 0.5) is 0 Å². The van der Waals surface area contributed by atoms with Gasteiger partial charge in [-0.25, -0.2) is 0 Å². The summed E-state index contributed by atoms with van der Waals surface area (Å²) in [5.41, 5.74) is 0.976. The van der Waals surface area contributed by atoms with Crippen LogP contribution in [0.15, 0.2) is 0 Å². The van der Waals surface area contributed by atoms with Gasteiger partial charge in [0.2, 0.25) is 0 Å². The molecule has 3 unspecified atom stereocenters. The predicted molar refractivity (Wildman–Crippen MR) is 74.5 cm³/mol. The van der Waals surface area contributed by atoms with Crippen molar-refractivity contribution < 1.29 is 0 Å². The molecule has 0 bridgehead atoms. The zero-order chi connectivity index (χ0) is 10.4. The third-order valence-electron chi connectivity index (χ3n) is 3.68. The van der Waals surface area contributed by atoms with Crippen LogP contribution in [0, 0.1) is 11.8 Å². The summed E-state index contributed by atoms with van der Waals surface area (Å²) in [6.07, 6.45) is 11.6. The van der Waals surface area contributed by atoms with Gasteiger partial charge in [-0.1, -0.05) is 52.4 Å². The molecule has 0 N–H and O–H groups in total. The van der Waals surface area contributed by atoms with Crippen molar-refractivity contribution in [1.29, 1.82) is 0 Å². The van der Waals surface area contributed by atoms with Crippen LogP contribution in [-0.4, -0.2) is 14.1 Å². The average Bonchev–Trinajstić information content (AvgIpc) is 2.78. The van der Waals surface area contributed by atoms with Gasteiger partial charge in [-0.15, -0.1) is 9.24 Å². The average molecular weight is 225 g/mol. The van der Waals surface area contributed by atoms with Crippen LogP contribution >= 0.6 is 9.24 Å². The van der Waals surface area contributed by atoms with E-state index < -0.39 is 0 Å². The molecule has 1 aliphatic rings. The minimum absolute atomic E-state index is 0. The summed E-state index contributed by atoms with van der Waals surface area (Å²) in [7, 11) is 3.07. The van der Waals surface area contributed by atoms with Crippen LogP contribution in [0.1, 0.15) is 65.2 Å². The second-order valence-corrected chi connectivity index (χ2v) is 5.67. The van der Waals surface area contributed by atoms with Gasteiger partial charge in [-0.3, -0.25) is 0 Å². The molecule has 0 saturated heterocycles. The highest BCUT2D eigenvalue weighted by atomic mass is 31.0. The Balaban J connectivity index is 0.00000196. The lowest BCUT2D eigenvalue weighted by Gasteiger charge is -1.99. The fourth-order valence-electron chi connectivity index (χ4n) is 2.55. The molecule has 1 aliphatic carbocycles. The lowest BCUT2D eigenvalue weighted by Crippen LogP contribution is -1.85. The number of rotatable bonds is 8. The quantitative estimate of drug-likeness (QED) is 0.329. The fourth-order valence-corrected chi connectivity index (χ4v) is 3.38. The molecule has 0 nitrogen and oxygen atoms in total. The van der Waals surface area contributed by atoms with E-state index >= 15 is 0 Å². The molecule has 1 saturated carbocycles. The molecule has 0 aromatic rings. The molecular formula is C13H27BP. The van der Waals surface area contributed by atoms with Gasteiger partial charge in [-0.05, 0) is 30.3 Å². The Bertz CT molecular complexity index is 133. The Kier molecular flexibility index (Phi) is 8.91. The van der Waals surface area contributed by atoms with Crippen molar-refractivity contribution in [3.63, 3.8) is 0 Å². The standard InChI is InChI=1S/C13H27P.B/c1-3-5-7-9-11-12(13(11)14)10-8-6-4-2;/h11-13H,3-10,14H2,1-2H3;. The highest BCUT2D eigenvalue weighted by Crippen LogP contribution is 2.51. The first kappa shape index (κ1) is 15.5. The van der Waals surface area contributed by atoms with Crippen LogP contribution in [0.2, 0.25) is 0 Å². The SMILES string of the molecule is CCCCCC1C(P)C1CCCCC.[B]. The molecule has 0 heterocycles. The third kappa shape index (κ3) is 5.39. The van der Waals surface area contributed by atoms with Crippen molar-refractivity contribution in [3.8, 4) is 0 Å². The van der Waals surface area contributed by atoms with Gasteiger partial charge in [0, 0.05) is 8.41 Å². The molecule has 3 atom stereocenters. The minimum atomic E-state index is 0. The van der Waals surface area contributed by atoms with Crippen molar-refractivity contribution in [2.24, 2.45) is 11.8 Å². The summed E-state index contributed by atoms with van der Waals surface area (Å²) in [6, 6.07) is 0. The highest BCUT2D eigenvalue weighted by Gasteiger charge is 2.44. The number of hydrogen-bond donors (Lipinski definition) is 0. The monoisotopic (exact) mass is 225 g/mol. The van der Waals surface area contributed by atoms with E-state index in [9.17, 15) is 0 Å². The topological polar surface area (TPSA) is 0 Å². The normalized spacial score (nSPS) is 28.6. The summed E-state index contributed by atoms with van der Waals surface area (Å²) in [6.45, 7) is 4.59. The summed E-state index contributed by atoms with van der Waals surface area (Å²) in [5, 5.41) is 0. The molecule has 15 heavy (non-hydrogen) atoms. The van der Waals surface area contributed by atoms with Crippen LogP contribution < -0.4 is 0 Å². The first-order valence-electron chi connectivity index (χ1n) is 6.56. The lowest BCUT2D eigenvalue weighted by molar-refractivity contribution is 0.540. The molecule has 2 heteroatoms. The van der Waals surface area contributed by atoms with E-state index in [1.165, 1.54) is 51.4 Å². The van der Waals surface area contributed by atoms with E-state index in [1.54, 1.807) is 0 Å². The number of hydrogen-bond acceptors (Lipinski definition) is 0. The van der Waals surface area contributed by atoms with Gasteiger partial charge in [0.15, 0.2) is 0 Å². The summed E-state index contributed by atoms with van der Waals surface area (Å²) >= 11 is 0. The van der Waals surface area contributed by atoms with Gasteiger partial charge < -0.3 is 0 Å². The molecule has 0 amide bonds. The van der Waals surface area contributed by atoms with Crippen LogP contribution in [0.3, 0.4) is 0 Å². The molecule has 0 aliphatic heterocycles. The van der Waals surface area contributed by atoms with Gasteiger partial charge in [0.05, 0.1) is 0 Å². The fraction of sp³-hybridized carbons (Fsp3) is 1.00. The van der Waals surface area contributed by atoms with Crippen LogP contribution in [0.25, 0.3) is 0 Å². The van der Waals surface area contributed by atoms with Gasteiger partial charge in [0.1, 0.15) is 0 Å². The molecule has 1 rings (SSSR count). The Morgan fingerprint density at radius 1 is 0.800 bits per heavy atom. The maximum atomic E-state index is 3.07. The van der Waals surface area contributed by atoms with E-state index in [0.717, 1.165) is 17.5 Å². The first-order chi connectivity index (χ1) is 6.81. The van der Waals surface area contributed by atoms with Crippen molar-refractivity contribution in [2.45, 2.75) is 70.9 Å². The van der Waals surface area contributed by atoms with Crippen LogP contribution in [-0.2, 0) is 0 Å². The second-order valence-electron chi connectivity index (χ2n) is 4.90. The van der Waals surface area contributed by atoms with E-state index in [1.807, 2.05) is 0 Å². The highest BCUT2D eigenvalue weighted by molar-refractivity contribution is 7.18. The summed E-state index contributed by atoms with van der Waals surface area (Å²) in [5.74, 6) is 2.15. The van der Waals surface area contributed by atoms with Crippen molar-refractivity contribution in [3.05, 3.63) is 0 Å². The molecule has 1 fully saturated rings. The molecule has 0 aromatic heterocycles. The maximum Gasteiger partial charge on any atom is 0 e. The minimum Gasteiger partial charge on any atom is -0.134 e. The Hall–Kier alpha value is 0.495. The van der Waals surface area contributed by atoms with Gasteiger partial charge in [0.25, 0.3) is 0 Å². The predicted octanol–water partition coefficient (Wildman–Crippen LogP) is 4.26. The number of unbranched alkanes of at least 4 members (excludes halogenated alkanes) is 4. The smallest absolute Gasteiger partial charge is 0 e. The van der Waals surface area contributed by atoms with E-state index in [0.29, 0.717) is 0 Å². The molecular weight excluding hydrogens is 198 g/mol. The Morgan fingerprint density at radius 3 is 1.53 bits per heavy atom. The lowest BCUT2D eigenvalue weighted by atomic mass is 10.1. The van der Waals surface area contributed by atoms with Gasteiger partial charge >= 0.3 is 0 Å². The van der Waals surface area contributed by atoms with Crippen LogP contribution in [0.5, 0.6) is 0 Å². The first-order valence-corrected chi connectivity index (χ1v) is 7.23. The van der Waals surface area contributed by atoms with E-state index in [-0.39, 0.29) is 8.41 Å². The van der Waals surface area contributed by atoms with E-state index in [2.05, 4.69) is 23.1 Å². The molecule has 0 aromatic carbocycles. The summed E-state index contributed by atoms with van der Waals surface area (Å²) in [4.78, 5) is 0. The van der Waals surface area contributed by atoms with Gasteiger partial charge in [-0.2, -0.15) is 0 Å². The molecule has 87 valence electrons. The summed E-state index contributed by atoms with van der Waals surface area (Å²) < 4.78 is 0. The van der Waals surface area contributed by atoms with Crippen molar-refractivity contribution in [1.82, 2.24) is 0 Å². The third-order valence-corrected chi connectivity index (χ3v) is 4.67. The molecule has 3 radical (unpaired) electrons. The largest absolute Gasteiger partial charge is 0.134 e. The maximum absolute atomic E-state index is 3.07. The zero-order valence-corrected chi connectivity index (χ0v) is 11.7. The van der Waals surface area contributed by atoms with Crippen molar-refractivity contribution >= 4 is 17.7 Å². The van der Waals surface area contributed by atoms with E-state index in [4.69, 9.17) is 0 Å².